The fourth-order valence-corrected chi connectivity index (χ4v) is 1.13. The highest BCUT2D eigenvalue weighted by molar-refractivity contribution is 5.41. The highest BCUT2D eigenvalue weighted by Crippen LogP contribution is 2.03. The molecule has 0 aliphatic heterocycles. The third kappa shape index (κ3) is 6.10. The molecule has 0 unspecified atom stereocenters. The van der Waals surface area contributed by atoms with Gasteiger partial charge in [0.25, 0.3) is 0 Å². The Kier molecular flexibility index (Phi) is 6.62. The van der Waals surface area contributed by atoms with Crippen LogP contribution in [0.25, 0.3) is 0 Å². The van der Waals surface area contributed by atoms with Crippen LogP contribution >= 0.6 is 0 Å². The van der Waals surface area contributed by atoms with E-state index in [0.717, 1.165) is 18.7 Å². The Morgan fingerprint density at radius 3 is 2.47 bits per heavy atom. The van der Waals surface area contributed by atoms with Gasteiger partial charge in [-0.3, -0.25) is 0 Å². The standard InChI is InChI=1S/C12H19NO2/c1-2-8-14-9-10-15-11-13-12-6-4-3-5-7-12/h3-7,13H,2,8-11H2,1H3. The van der Waals surface area contributed by atoms with Gasteiger partial charge in [-0.05, 0) is 18.6 Å². The Morgan fingerprint density at radius 2 is 1.73 bits per heavy atom. The number of para-hydroxylation sites is 1. The fraction of sp³-hybridized carbons (Fsp3) is 0.500. The van der Waals surface area contributed by atoms with Crippen LogP contribution in [0.4, 0.5) is 5.69 Å². The van der Waals surface area contributed by atoms with Crippen LogP contribution in [-0.4, -0.2) is 26.6 Å². The molecule has 84 valence electrons. The van der Waals surface area contributed by atoms with E-state index in [1.165, 1.54) is 0 Å². The van der Waals surface area contributed by atoms with E-state index >= 15 is 0 Å². The van der Waals surface area contributed by atoms with Crippen molar-refractivity contribution in [2.24, 2.45) is 0 Å². The molecule has 0 bridgehead atoms. The molecule has 0 saturated heterocycles. The number of benzene rings is 1. The van der Waals surface area contributed by atoms with Crippen LogP contribution in [0.15, 0.2) is 30.3 Å². The van der Waals surface area contributed by atoms with Crippen molar-refractivity contribution in [2.45, 2.75) is 13.3 Å². The molecular formula is C12H19NO2. The van der Waals surface area contributed by atoms with Crippen molar-refractivity contribution in [3.8, 4) is 0 Å². The first kappa shape index (κ1) is 12.0. The Bertz CT molecular complexity index is 239. The SMILES string of the molecule is CCCOCCOCNc1ccccc1. The number of anilines is 1. The van der Waals surface area contributed by atoms with Gasteiger partial charge in [-0.1, -0.05) is 25.1 Å². The number of nitrogens with one attached hydrogen (secondary N) is 1. The maximum absolute atomic E-state index is 5.35. The van der Waals surface area contributed by atoms with Crippen LogP contribution in [-0.2, 0) is 9.47 Å². The van der Waals surface area contributed by atoms with Gasteiger partial charge in [-0.15, -0.1) is 0 Å². The molecule has 3 heteroatoms. The second kappa shape index (κ2) is 8.26. The minimum absolute atomic E-state index is 0.527. The lowest BCUT2D eigenvalue weighted by atomic mass is 10.3. The molecule has 3 nitrogen and oxygen atoms in total. The predicted molar refractivity (Wildman–Crippen MR) is 62.0 cm³/mol. The number of ether oxygens (including phenoxy) is 2. The molecule has 0 spiro atoms. The van der Waals surface area contributed by atoms with E-state index in [1.54, 1.807) is 0 Å². The maximum atomic E-state index is 5.35. The lowest BCUT2D eigenvalue weighted by Crippen LogP contribution is -2.10. The lowest BCUT2D eigenvalue weighted by molar-refractivity contribution is 0.0550. The topological polar surface area (TPSA) is 30.5 Å². The zero-order valence-electron chi connectivity index (χ0n) is 9.24. The quantitative estimate of drug-likeness (QED) is 0.527. The summed E-state index contributed by atoms with van der Waals surface area (Å²) in [5, 5.41) is 3.16. The highest BCUT2D eigenvalue weighted by Gasteiger charge is 1.90. The average molecular weight is 209 g/mol. The molecule has 1 aromatic rings. The van der Waals surface area contributed by atoms with E-state index < -0.39 is 0 Å². The van der Waals surface area contributed by atoms with E-state index in [0.29, 0.717) is 19.9 Å². The normalized spacial score (nSPS) is 10.2. The average Bonchev–Trinajstić information content (AvgIpc) is 2.29. The van der Waals surface area contributed by atoms with Crippen molar-refractivity contribution in [2.75, 3.05) is 31.9 Å². The minimum Gasteiger partial charge on any atom is -0.379 e. The van der Waals surface area contributed by atoms with Gasteiger partial charge in [0.2, 0.25) is 0 Å². The van der Waals surface area contributed by atoms with Gasteiger partial charge in [0, 0.05) is 12.3 Å². The summed E-state index contributed by atoms with van der Waals surface area (Å²) in [4.78, 5) is 0. The molecule has 0 heterocycles. The third-order valence-electron chi connectivity index (χ3n) is 1.87. The van der Waals surface area contributed by atoms with Crippen molar-refractivity contribution in [3.05, 3.63) is 30.3 Å². The zero-order chi connectivity index (χ0) is 10.8. The van der Waals surface area contributed by atoms with Crippen LogP contribution in [0.1, 0.15) is 13.3 Å². The summed E-state index contributed by atoms with van der Waals surface area (Å²) in [6, 6.07) is 10.00. The van der Waals surface area contributed by atoms with E-state index in [9.17, 15) is 0 Å². The number of hydrogen-bond donors (Lipinski definition) is 1. The molecule has 0 fully saturated rings. The Labute approximate surface area is 91.4 Å². The van der Waals surface area contributed by atoms with Gasteiger partial charge in [0.15, 0.2) is 0 Å². The second-order valence-electron chi connectivity index (χ2n) is 3.21. The molecule has 0 amide bonds. The van der Waals surface area contributed by atoms with E-state index in [2.05, 4.69) is 12.2 Å². The summed E-state index contributed by atoms with van der Waals surface area (Å²) in [6.07, 6.45) is 1.06. The molecular weight excluding hydrogens is 190 g/mol. The largest absolute Gasteiger partial charge is 0.379 e. The molecule has 0 aromatic heterocycles. The Hall–Kier alpha value is -1.06. The van der Waals surface area contributed by atoms with Gasteiger partial charge in [0.05, 0.1) is 13.2 Å². The van der Waals surface area contributed by atoms with Crippen LogP contribution in [0.5, 0.6) is 0 Å². The van der Waals surface area contributed by atoms with Crippen molar-refractivity contribution in [3.63, 3.8) is 0 Å². The van der Waals surface area contributed by atoms with Crippen LogP contribution < -0.4 is 5.32 Å². The zero-order valence-corrected chi connectivity index (χ0v) is 9.24. The summed E-state index contributed by atoms with van der Waals surface area (Å²) in [5.74, 6) is 0. The monoisotopic (exact) mass is 209 g/mol. The molecule has 1 rings (SSSR count). The van der Waals surface area contributed by atoms with Gasteiger partial charge in [0.1, 0.15) is 6.73 Å². The maximum Gasteiger partial charge on any atom is 0.116 e. The fourth-order valence-electron chi connectivity index (χ4n) is 1.13. The van der Waals surface area contributed by atoms with E-state index in [4.69, 9.17) is 9.47 Å². The molecule has 1 aromatic carbocycles. The molecule has 0 radical (unpaired) electrons. The number of rotatable bonds is 8. The van der Waals surface area contributed by atoms with Gasteiger partial charge >= 0.3 is 0 Å². The first-order valence-electron chi connectivity index (χ1n) is 5.38. The third-order valence-corrected chi connectivity index (χ3v) is 1.87. The van der Waals surface area contributed by atoms with Crippen LogP contribution in [0, 0.1) is 0 Å². The predicted octanol–water partition coefficient (Wildman–Crippen LogP) is 2.50. The summed E-state index contributed by atoms with van der Waals surface area (Å²) in [7, 11) is 0. The van der Waals surface area contributed by atoms with Crippen molar-refractivity contribution >= 4 is 5.69 Å². The van der Waals surface area contributed by atoms with Crippen LogP contribution in [0.3, 0.4) is 0 Å². The highest BCUT2D eigenvalue weighted by atomic mass is 16.5. The Morgan fingerprint density at radius 1 is 1.00 bits per heavy atom. The molecule has 0 aliphatic carbocycles. The van der Waals surface area contributed by atoms with Gasteiger partial charge < -0.3 is 14.8 Å². The van der Waals surface area contributed by atoms with Crippen molar-refractivity contribution in [1.29, 1.82) is 0 Å². The summed E-state index contributed by atoms with van der Waals surface area (Å²) < 4.78 is 10.6. The minimum atomic E-state index is 0.527. The Balaban J connectivity index is 1.93. The summed E-state index contributed by atoms with van der Waals surface area (Å²) in [5.41, 5.74) is 1.08. The van der Waals surface area contributed by atoms with Gasteiger partial charge in [-0.2, -0.15) is 0 Å². The molecule has 15 heavy (non-hydrogen) atoms. The smallest absolute Gasteiger partial charge is 0.116 e. The van der Waals surface area contributed by atoms with Crippen molar-refractivity contribution in [1.82, 2.24) is 0 Å². The first-order chi connectivity index (χ1) is 7.43. The van der Waals surface area contributed by atoms with E-state index in [1.807, 2.05) is 30.3 Å². The second-order valence-corrected chi connectivity index (χ2v) is 3.21. The van der Waals surface area contributed by atoms with Crippen molar-refractivity contribution < 1.29 is 9.47 Å². The van der Waals surface area contributed by atoms with Gasteiger partial charge in [-0.25, -0.2) is 0 Å². The van der Waals surface area contributed by atoms with E-state index in [-0.39, 0.29) is 0 Å². The summed E-state index contributed by atoms with van der Waals surface area (Å²) in [6.45, 7) is 4.75. The molecule has 0 saturated carbocycles. The number of hydrogen-bond acceptors (Lipinski definition) is 3. The first-order valence-corrected chi connectivity index (χ1v) is 5.38. The molecule has 0 aliphatic rings. The summed E-state index contributed by atoms with van der Waals surface area (Å²) >= 11 is 0. The lowest BCUT2D eigenvalue weighted by Gasteiger charge is -2.07. The molecule has 0 atom stereocenters. The molecule has 1 N–H and O–H groups in total. The van der Waals surface area contributed by atoms with Crippen LogP contribution in [0.2, 0.25) is 0 Å².